The minimum atomic E-state index is -0.212. The molecular weight excluding hydrogens is 488 g/mol. The van der Waals surface area contributed by atoms with Crippen LogP contribution >= 0.6 is 0 Å². The quantitative estimate of drug-likeness (QED) is 0.191. The van der Waals surface area contributed by atoms with E-state index >= 15 is 0 Å². The van der Waals surface area contributed by atoms with E-state index in [0.29, 0.717) is 23.9 Å². The van der Waals surface area contributed by atoms with Crippen LogP contribution < -0.4 is 16.0 Å². The second-order valence-corrected chi connectivity index (χ2v) is 10.3. The van der Waals surface area contributed by atoms with Crippen LogP contribution in [0.2, 0.25) is 0 Å². The standard InChI is InChI=1S/C30H42N8O/c1-7-18-32-28-25(22-33-29(36-28)35-26-16-14-24(21-31)15-17-26)12-9-8-10-19-34-30(2,3)23-38(6)27(39)13-11-20-37(4)5/h11,13-17,22,34H,7-8,10,18-20,23H2,1-6H3,(H2,32,33,35,36)/b13-11+. The molecule has 0 saturated heterocycles. The molecule has 0 unspecified atom stereocenters. The third-order valence-corrected chi connectivity index (χ3v) is 5.65. The third-order valence-electron chi connectivity index (χ3n) is 5.65. The van der Waals surface area contributed by atoms with Gasteiger partial charge in [-0.3, -0.25) is 4.79 Å². The van der Waals surface area contributed by atoms with Crippen molar-refractivity contribution >= 4 is 23.4 Å². The lowest BCUT2D eigenvalue weighted by molar-refractivity contribution is -0.125. The molecule has 9 nitrogen and oxygen atoms in total. The highest BCUT2D eigenvalue weighted by Crippen LogP contribution is 2.18. The van der Waals surface area contributed by atoms with E-state index in [0.717, 1.165) is 50.1 Å². The van der Waals surface area contributed by atoms with Crippen molar-refractivity contribution in [3.63, 3.8) is 0 Å². The van der Waals surface area contributed by atoms with Crippen LogP contribution in [0.1, 0.15) is 51.2 Å². The summed E-state index contributed by atoms with van der Waals surface area (Å²) in [6, 6.07) is 9.25. The van der Waals surface area contributed by atoms with E-state index in [1.54, 1.807) is 29.3 Å². The Morgan fingerprint density at radius 3 is 2.56 bits per heavy atom. The second kappa shape index (κ2) is 16.1. The number of benzene rings is 1. The second-order valence-electron chi connectivity index (χ2n) is 10.3. The Balaban J connectivity index is 1.88. The lowest BCUT2D eigenvalue weighted by Gasteiger charge is -2.31. The number of carbonyl (C=O) groups is 1. The molecule has 9 heteroatoms. The molecule has 2 rings (SSSR count). The number of rotatable bonds is 14. The van der Waals surface area contributed by atoms with E-state index < -0.39 is 0 Å². The summed E-state index contributed by atoms with van der Waals surface area (Å²) < 4.78 is 0. The first-order valence-electron chi connectivity index (χ1n) is 13.3. The zero-order chi connectivity index (χ0) is 28.7. The van der Waals surface area contributed by atoms with Gasteiger partial charge < -0.3 is 25.8 Å². The lowest BCUT2D eigenvalue weighted by atomic mass is 10.0. The zero-order valence-corrected chi connectivity index (χ0v) is 24.1. The van der Waals surface area contributed by atoms with E-state index in [9.17, 15) is 4.79 Å². The van der Waals surface area contributed by atoms with Crippen LogP contribution in [0, 0.1) is 23.2 Å². The van der Waals surface area contributed by atoms with Crippen LogP contribution in [-0.2, 0) is 4.79 Å². The normalized spacial score (nSPS) is 11.1. The fraction of sp³-hybridized carbons (Fsp3) is 0.467. The van der Waals surface area contributed by atoms with Crippen LogP contribution in [0.4, 0.5) is 17.5 Å². The molecule has 0 aliphatic rings. The third kappa shape index (κ3) is 12.0. The predicted molar refractivity (Wildman–Crippen MR) is 159 cm³/mol. The Bertz CT molecular complexity index is 1190. The maximum atomic E-state index is 12.3. The van der Waals surface area contributed by atoms with Gasteiger partial charge in [0, 0.05) is 50.4 Å². The molecule has 1 aromatic carbocycles. The first-order valence-corrected chi connectivity index (χ1v) is 13.3. The van der Waals surface area contributed by atoms with Gasteiger partial charge in [0.1, 0.15) is 5.82 Å². The molecule has 0 saturated carbocycles. The van der Waals surface area contributed by atoms with E-state index in [-0.39, 0.29) is 11.4 Å². The highest BCUT2D eigenvalue weighted by Gasteiger charge is 2.20. The predicted octanol–water partition coefficient (Wildman–Crippen LogP) is 3.99. The Morgan fingerprint density at radius 2 is 1.90 bits per heavy atom. The van der Waals surface area contributed by atoms with Crippen molar-refractivity contribution in [3.05, 3.63) is 53.7 Å². The van der Waals surface area contributed by atoms with Gasteiger partial charge in [-0.25, -0.2) is 4.98 Å². The summed E-state index contributed by atoms with van der Waals surface area (Å²) in [5, 5.41) is 19.0. The molecule has 0 aliphatic carbocycles. The van der Waals surface area contributed by atoms with E-state index in [1.165, 1.54) is 0 Å². The minimum absolute atomic E-state index is 0.00502. The summed E-state index contributed by atoms with van der Waals surface area (Å²) in [6.07, 6.45) is 7.81. The number of amides is 1. The van der Waals surface area contributed by atoms with Crippen molar-refractivity contribution in [1.29, 1.82) is 5.26 Å². The molecular formula is C30H42N8O. The number of carbonyl (C=O) groups excluding carboxylic acids is 1. The molecule has 2 aromatic rings. The summed E-state index contributed by atoms with van der Waals surface area (Å²) >= 11 is 0. The minimum Gasteiger partial charge on any atom is -0.369 e. The fourth-order valence-electron chi connectivity index (χ4n) is 3.65. The molecule has 0 fully saturated rings. The van der Waals surface area contributed by atoms with Crippen LogP contribution in [-0.4, -0.2) is 78.5 Å². The summed E-state index contributed by atoms with van der Waals surface area (Å²) in [4.78, 5) is 25.1. The van der Waals surface area contributed by atoms with Gasteiger partial charge in [-0.2, -0.15) is 10.2 Å². The number of nitrogens with zero attached hydrogens (tertiary/aromatic N) is 5. The van der Waals surface area contributed by atoms with Crippen LogP contribution in [0.25, 0.3) is 0 Å². The molecule has 0 spiro atoms. The molecule has 3 N–H and O–H groups in total. The monoisotopic (exact) mass is 530 g/mol. The van der Waals surface area contributed by atoms with Gasteiger partial charge in [0.15, 0.2) is 0 Å². The molecule has 0 radical (unpaired) electrons. The number of aromatic nitrogens is 2. The van der Waals surface area contributed by atoms with E-state index in [2.05, 4.69) is 64.6 Å². The highest BCUT2D eigenvalue weighted by molar-refractivity contribution is 5.87. The number of likely N-dealkylation sites (N-methyl/N-ethyl adjacent to an activating group) is 2. The number of anilines is 3. The average molecular weight is 531 g/mol. The van der Waals surface area contributed by atoms with Gasteiger partial charge in [-0.1, -0.05) is 24.8 Å². The van der Waals surface area contributed by atoms with Gasteiger partial charge in [0.2, 0.25) is 11.9 Å². The lowest BCUT2D eigenvalue weighted by Crippen LogP contribution is -2.49. The maximum absolute atomic E-state index is 12.3. The summed E-state index contributed by atoms with van der Waals surface area (Å²) in [5.41, 5.74) is 1.95. The van der Waals surface area contributed by atoms with Crippen LogP contribution in [0.5, 0.6) is 0 Å². The molecule has 0 atom stereocenters. The van der Waals surface area contributed by atoms with Crippen LogP contribution in [0.3, 0.4) is 0 Å². The Labute approximate surface area is 233 Å². The van der Waals surface area contributed by atoms with Gasteiger partial charge in [0.05, 0.1) is 23.4 Å². The maximum Gasteiger partial charge on any atom is 0.246 e. The SMILES string of the molecule is CCCNc1nc(Nc2ccc(C#N)cc2)ncc1C#CCCCNC(C)(C)CN(C)C(=O)/C=C/CN(C)C. The van der Waals surface area contributed by atoms with Gasteiger partial charge >= 0.3 is 0 Å². The number of hydrogen-bond acceptors (Lipinski definition) is 8. The smallest absolute Gasteiger partial charge is 0.246 e. The fourth-order valence-corrected chi connectivity index (χ4v) is 3.65. The Hall–Kier alpha value is -3.92. The Kier molecular flexibility index (Phi) is 12.9. The summed E-state index contributed by atoms with van der Waals surface area (Å²) in [7, 11) is 5.77. The van der Waals surface area contributed by atoms with Crippen molar-refractivity contribution in [3.8, 4) is 17.9 Å². The van der Waals surface area contributed by atoms with Crippen molar-refractivity contribution in [2.24, 2.45) is 0 Å². The number of nitriles is 1. The van der Waals surface area contributed by atoms with Crippen molar-refractivity contribution in [2.45, 2.75) is 45.6 Å². The molecule has 1 amide bonds. The topological polar surface area (TPSA) is 109 Å². The largest absolute Gasteiger partial charge is 0.369 e. The van der Waals surface area contributed by atoms with Crippen molar-refractivity contribution < 1.29 is 4.79 Å². The molecule has 0 aliphatic heterocycles. The molecule has 1 aromatic heterocycles. The van der Waals surface area contributed by atoms with E-state index in [1.807, 2.05) is 44.3 Å². The first kappa shape index (κ1) is 31.3. The van der Waals surface area contributed by atoms with Gasteiger partial charge in [-0.05, 0) is 71.6 Å². The number of hydrogen-bond donors (Lipinski definition) is 3. The highest BCUT2D eigenvalue weighted by atomic mass is 16.2. The molecule has 39 heavy (non-hydrogen) atoms. The van der Waals surface area contributed by atoms with E-state index in [4.69, 9.17) is 5.26 Å². The molecule has 0 bridgehead atoms. The first-order chi connectivity index (χ1) is 18.6. The van der Waals surface area contributed by atoms with Crippen molar-refractivity contribution in [1.82, 2.24) is 25.1 Å². The number of unbranched alkanes of at least 4 members (excludes halogenated alkanes) is 1. The molecule has 1 heterocycles. The van der Waals surface area contributed by atoms with Gasteiger partial charge in [0.25, 0.3) is 0 Å². The zero-order valence-electron chi connectivity index (χ0n) is 24.1. The van der Waals surface area contributed by atoms with Crippen molar-refractivity contribution in [2.75, 3.05) is 58.0 Å². The summed E-state index contributed by atoms with van der Waals surface area (Å²) in [5.74, 6) is 7.61. The summed E-state index contributed by atoms with van der Waals surface area (Å²) in [6.45, 7) is 9.22. The molecule has 208 valence electrons. The van der Waals surface area contributed by atoms with Gasteiger partial charge in [-0.15, -0.1) is 0 Å². The average Bonchev–Trinajstić information content (AvgIpc) is 2.90. The van der Waals surface area contributed by atoms with Crippen LogP contribution in [0.15, 0.2) is 42.6 Å². The number of nitrogens with one attached hydrogen (secondary N) is 3. The Morgan fingerprint density at radius 1 is 1.15 bits per heavy atom.